The number of allylic oxidation sites excluding steroid dienone is 1. The van der Waals surface area contributed by atoms with Gasteiger partial charge in [-0.2, -0.15) is 4.21 Å². The van der Waals surface area contributed by atoms with E-state index in [1.165, 1.54) is 11.8 Å². The van der Waals surface area contributed by atoms with Gasteiger partial charge in [0.2, 0.25) is 0 Å². The molecule has 0 amide bonds. The topological polar surface area (TPSA) is 80.4 Å². The minimum absolute atomic E-state index is 0.430. The predicted molar refractivity (Wildman–Crippen MR) is 51.0 cm³/mol. The molecule has 70 valence electrons. The first-order chi connectivity index (χ1) is 5.68. The molecule has 0 aromatic carbocycles. The molecule has 0 aliphatic carbocycles. The predicted octanol–water partition coefficient (Wildman–Crippen LogP) is 0.329. The lowest BCUT2D eigenvalue weighted by Crippen LogP contribution is -2.32. The molecule has 0 heterocycles. The first-order valence-corrected chi connectivity index (χ1v) is 4.44. The molecule has 3 N–H and O–H groups in total. The van der Waals surface area contributed by atoms with Gasteiger partial charge in [-0.1, -0.05) is 6.08 Å². The van der Waals surface area contributed by atoms with E-state index in [1.54, 1.807) is 0 Å². The molecule has 0 saturated carbocycles. The van der Waals surface area contributed by atoms with E-state index in [9.17, 15) is 4.79 Å². The monoisotopic (exact) mass is 209 g/mol. The summed E-state index contributed by atoms with van der Waals surface area (Å²) in [4.78, 5) is 10.1. The second kappa shape index (κ2) is 10.5. The molecule has 0 aromatic heterocycles. The Labute approximate surface area is 80.7 Å². The van der Waals surface area contributed by atoms with E-state index in [-0.39, 0.29) is 0 Å². The summed E-state index contributed by atoms with van der Waals surface area (Å²) in [7, 11) is 0. The number of thioether (sulfide) groups is 1. The largest absolute Gasteiger partial charge is 0.480 e. The molecule has 0 aliphatic heterocycles. The Kier molecular flexibility index (Phi) is 12.4. The lowest BCUT2D eigenvalue weighted by molar-refractivity contribution is -0.137. The Morgan fingerprint density at radius 1 is 1.75 bits per heavy atom. The van der Waals surface area contributed by atoms with Crippen LogP contribution in [0.25, 0.3) is 0 Å². The third kappa shape index (κ3) is 9.54. The van der Waals surface area contributed by atoms with Gasteiger partial charge in [0.05, 0.1) is 0 Å². The summed E-state index contributed by atoms with van der Waals surface area (Å²) in [6.07, 6.45) is 1.85. The smallest absolute Gasteiger partial charge is 0.321 e. The molecular weight excluding hydrogens is 198 g/mol. The third-order valence-electron chi connectivity index (χ3n) is 0.825. The average Bonchev–Trinajstić information content (AvgIpc) is 2.08. The molecule has 4 nitrogen and oxygen atoms in total. The lowest BCUT2D eigenvalue weighted by Gasteiger charge is -2.01. The summed E-state index contributed by atoms with van der Waals surface area (Å²) in [6, 6.07) is -0.749. The van der Waals surface area contributed by atoms with Crippen molar-refractivity contribution in [2.24, 2.45) is 5.73 Å². The van der Waals surface area contributed by atoms with Crippen LogP contribution in [0.15, 0.2) is 11.5 Å². The van der Waals surface area contributed by atoms with E-state index in [2.05, 4.69) is 12.5 Å². The van der Waals surface area contributed by atoms with Crippen molar-refractivity contribution in [1.82, 2.24) is 0 Å². The first-order valence-electron chi connectivity index (χ1n) is 3.06. The maximum atomic E-state index is 10.1. The Morgan fingerprint density at radius 3 is 2.58 bits per heavy atom. The zero-order valence-corrected chi connectivity index (χ0v) is 8.23. The quantitative estimate of drug-likeness (QED) is 0.694. The van der Waals surface area contributed by atoms with E-state index in [0.717, 1.165) is 0 Å². The maximum Gasteiger partial charge on any atom is 0.321 e. The number of hydrogen-bond acceptors (Lipinski definition) is 5. The molecule has 0 rings (SSSR count). The van der Waals surface area contributed by atoms with Crippen molar-refractivity contribution in [1.29, 1.82) is 0 Å². The molecule has 0 bridgehead atoms. The van der Waals surface area contributed by atoms with Crippen molar-refractivity contribution in [2.45, 2.75) is 13.0 Å². The highest BCUT2D eigenvalue weighted by Crippen LogP contribution is 2.02. The fraction of sp³-hybridized carbons (Fsp3) is 0.500. The van der Waals surface area contributed by atoms with Crippen molar-refractivity contribution in [3.05, 3.63) is 11.5 Å². The van der Waals surface area contributed by atoms with E-state index < -0.39 is 12.0 Å². The van der Waals surface area contributed by atoms with Gasteiger partial charge in [-0.25, -0.2) is 0 Å². The van der Waals surface area contributed by atoms with E-state index >= 15 is 0 Å². The zero-order chi connectivity index (χ0) is 9.98. The van der Waals surface area contributed by atoms with Crippen molar-refractivity contribution in [3.63, 3.8) is 0 Å². The van der Waals surface area contributed by atoms with Crippen LogP contribution in [-0.2, 0) is 17.3 Å². The van der Waals surface area contributed by atoms with Gasteiger partial charge in [0.15, 0.2) is 12.5 Å². The Bertz CT molecular complexity index is 152. The summed E-state index contributed by atoms with van der Waals surface area (Å²) < 4.78 is 7.83. The maximum absolute atomic E-state index is 10.1. The van der Waals surface area contributed by atoms with Gasteiger partial charge in [0.1, 0.15) is 6.04 Å². The van der Waals surface area contributed by atoms with Crippen molar-refractivity contribution < 1.29 is 14.1 Å². The number of rotatable bonds is 4. The molecule has 1 unspecified atom stereocenters. The highest BCUT2D eigenvalue weighted by molar-refractivity contribution is 8.02. The van der Waals surface area contributed by atoms with Gasteiger partial charge in [0.25, 0.3) is 0 Å². The Morgan fingerprint density at radius 2 is 2.25 bits per heavy atom. The molecular formula is C6H11NO3S2. The van der Waals surface area contributed by atoms with Gasteiger partial charge < -0.3 is 10.8 Å². The minimum atomic E-state index is -0.947. The molecule has 0 spiro atoms. The number of carboxylic acids is 1. The molecule has 0 aromatic rings. The molecule has 6 heteroatoms. The fourth-order valence-electron chi connectivity index (χ4n) is 0.327. The van der Waals surface area contributed by atoms with E-state index in [0.29, 0.717) is 5.75 Å². The van der Waals surface area contributed by atoms with Crippen LogP contribution in [-0.4, -0.2) is 27.1 Å². The molecule has 0 fully saturated rings. The fourth-order valence-corrected chi connectivity index (χ4v) is 0.980. The summed E-state index contributed by atoms with van der Waals surface area (Å²) >= 11 is 4.24. The van der Waals surface area contributed by atoms with E-state index in [1.807, 2.05) is 18.4 Å². The van der Waals surface area contributed by atoms with Crippen LogP contribution in [0.3, 0.4) is 0 Å². The Hall–Kier alpha value is -0.460. The first kappa shape index (κ1) is 14.1. The zero-order valence-electron chi connectivity index (χ0n) is 6.60. The minimum Gasteiger partial charge on any atom is -0.480 e. The van der Waals surface area contributed by atoms with Gasteiger partial charge in [0, 0.05) is 5.75 Å². The highest BCUT2D eigenvalue weighted by atomic mass is 32.2. The van der Waals surface area contributed by atoms with Gasteiger partial charge >= 0.3 is 5.97 Å². The molecule has 1 atom stereocenters. The number of aliphatic carboxylic acids is 1. The molecule has 0 radical (unpaired) electrons. The van der Waals surface area contributed by atoms with Crippen LogP contribution in [0.2, 0.25) is 0 Å². The normalized spacial score (nSPS) is 11.8. The third-order valence-corrected chi connectivity index (χ3v) is 1.84. The number of nitrogens with two attached hydrogens (primary N) is 1. The molecule has 12 heavy (non-hydrogen) atoms. The molecule has 0 aliphatic rings. The van der Waals surface area contributed by atoms with Crippen LogP contribution >= 0.6 is 11.8 Å². The lowest BCUT2D eigenvalue weighted by atomic mass is 10.4. The number of hydrogen-bond donors (Lipinski definition) is 2. The second-order valence-corrected chi connectivity index (χ2v) is 2.69. The van der Waals surface area contributed by atoms with Gasteiger partial charge in [-0.3, -0.25) is 4.79 Å². The number of carbonyl (C=O) groups is 1. The van der Waals surface area contributed by atoms with Crippen molar-refractivity contribution in [3.8, 4) is 0 Å². The SMILES string of the molecule is CC=CSCC(N)C(=O)O.O=S. The van der Waals surface area contributed by atoms with Crippen LogP contribution in [0.4, 0.5) is 0 Å². The summed E-state index contributed by atoms with van der Waals surface area (Å²) in [5.74, 6) is -0.517. The number of carboxylic acid groups (broad SMARTS) is 1. The standard InChI is InChI=1S/C6H11NO2S.OS/c1-2-3-10-4-5(7)6(8)9;1-2/h2-3,5H,4,7H2,1H3,(H,8,9);. The van der Waals surface area contributed by atoms with Crippen LogP contribution in [0.1, 0.15) is 6.92 Å². The average molecular weight is 209 g/mol. The Balaban J connectivity index is 0. The van der Waals surface area contributed by atoms with Crippen LogP contribution in [0.5, 0.6) is 0 Å². The van der Waals surface area contributed by atoms with Crippen LogP contribution < -0.4 is 5.73 Å². The highest BCUT2D eigenvalue weighted by Gasteiger charge is 2.08. The molecule has 0 saturated heterocycles. The summed E-state index contributed by atoms with van der Waals surface area (Å²) in [6.45, 7) is 1.87. The van der Waals surface area contributed by atoms with E-state index in [4.69, 9.17) is 15.0 Å². The summed E-state index contributed by atoms with van der Waals surface area (Å²) in [5, 5.41) is 10.1. The van der Waals surface area contributed by atoms with Crippen LogP contribution in [0, 0.1) is 0 Å². The van der Waals surface area contributed by atoms with Crippen molar-refractivity contribution in [2.75, 3.05) is 5.75 Å². The van der Waals surface area contributed by atoms with Gasteiger partial charge in [-0.05, 0) is 12.3 Å². The van der Waals surface area contributed by atoms with Gasteiger partial charge in [-0.15, -0.1) is 11.8 Å². The van der Waals surface area contributed by atoms with Crippen molar-refractivity contribution >= 4 is 30.3 Å². The second-order valence-electron chi connectivity index (χ2n) is 1.75. The summed E-state index contributed by atoms with van der Waals surface area (Å²) in [5.41, 5.74) is 5.20.